The molecule has 0 fully saturated rings. The first kappa shape index (κ1) is 12.5. The van der Waals surface area contributed by atoms with E-state index in [1.165, 1.54) is 16.2 Å². The van der Waals surface area contributed by atoms with Crippen molar-refractivity contribution in [3.05, 3.63) is 47.6 Å². The number of carbonyl (C=O) groups excluding carboxylic acids is 1. The van der Waals surface area contributed by atoms with Crippen LogP contribution in [-0.4, -0.2) is 22.4 Å². The SMILES string of the molecule is C#CCN(C(=O)c1cccc2cc[nH]c12)c1nccs1. The number of aromatic nitrogens is 2. The van der Waals surface area contributed by atoms with E-state index in [0.717, 1.165) is 10.9 Å². The quantitative estimate of drug-likeness (QED) is 0.750. The standard InChI is InChI=1S/C15H11N3OS/c1-2-9-18(15-17-8-10-20-15)14(19)12-5-3-4-11-6-7-16-13(11)12/h1,3-8,10,16H,9H2. The van der Waals surface area contributed by atoms with Gasteiger partial charge >= 0.3 is 0 Å². The number of para-hydroxylation sites is 1. The first-order valence-electron chi connectivity index (χ1n) is 6.02. The van der Waals surface area contributed by atoms with E-state index in [4.69, 9.17) is 6.42 Å². The molecule has 3 aromatic rings. The number of aromatic amines is 1. The van der Waals surface area contributed by atoms with E-state index in [1.807, 2.05) is 29.8 Å². The zero-order valence-electron chi connectivity index (χ0n) is 10.5. The largest absolute Gasteiger partial charge is 0.361 e. The number of nitrogens with zero attached hydrogens (tertiary/aromatic N) is 2. The lowest BCUT2D eigenvalue weighted by molar-refractivity contribution is 0.0991. The summed E-state index contributed by atoms with van der Waals surface area (Å²) in [5.41, 5.74) is 1.41. The number of carbonyl (C=O) groups is 1. The highest BCUT2D eigenvalue weighted by molar-refractivity contribution is 7.13. The summed E-state index contributed by atoms with van der Waals surface area (Å²) >= 11 is 1.39. The van der Waals surface area contributed by atoms with Crippen LogP contribution in [0.3, 0.4) is 0 Å². The van der Waals surface area contributed by atoms with Gasteiger partial charge in [0.25, 0.3) is 5.91 Å². The second-order valence-corrected chi connectivity index (χ2v) is 5.03. The topological polar surface area (TPSA) is 49.0 Å². The van der Waals surface area contributed by atoms with Gasteiger partial charge in [0, 0.05) is 23.2 Å². The van der Waals surface area contributed by atoms with Crippen molar-refractivity contribution in [2.24, 2.45) is 0 Å². The Morgan fingerprint density at radius 1 is 1.45 bits per heavy atom. The van der Waals surface area contributed by atoms with Gasteiger partial charge in [-0.2, -0.15) is 0 Å². The van der Waals surface area contributed by atoms with E-state index in [2.05, 4.69) is 15.9 Å². The number of nitrogens with one attached hydrogen (secondary N) is 1. The Bertz CT molecular complexity index is 783. The normalized spacial score (nSPS) is 10.3. The molecule has 1 N–H and O–H groups in total. The molecule has 1 aromatic carbocycles. The summed E-state index contributed by atoms with van der Waals surface area (Å²) in [5, 5.41) is 3.42. The summed E-state index contributed by atoms with van der Waals surface area (Å²) in [6, 6.07) is 7.54. The van der Waals surface area contributed by atoms with Crippen molar-refractivity contribution in [3.63, 3.8) is 0 Å². The molecule has 0 saturated heterocycles. The molecule has 0 unspecified atom stereocenters. The fourth-order valence-corrected chi connectivity index (χ4v) is 2.72. The Labute approximate surface area is 120 Å². The number of hydrogen-bond acceptors (Lipinski definition) is 3. The predicted molar refractivity (Wildman–Crippen MR) is 80.9 cm³/mol. The van der Waals surface area contributed by atoms with Crippen LogP contribution in [-0.2, 0) is 0 Å². The van der Waals surface area contributed by atoms with Gasteiger partial charge in [-0.1, -0.05) is 18.1 Å². The molecule has 2 heterocycles. The van der Waals surface area contributed by atoms with Crippen LogP contribution in [0.4, 0.5) is 5.13 Å². The number of H-pyrrole nitrogens is 1. The molecule has 20 heavy (non-hydrogen) atoms. The van der Waals surface area contributed by atoms with Gasteiger partial charge in [0.2, 0.25) is 0 Å². The summed E-state index contributed by atoms with van der Waals surface area (Å²) in [4.78, 5) is 21.5. The summed E-state index contributed by atoms with van der Waals surface area (Å²) in [6.07, 6.45) is 8.84. The molecular weight excluding hydrogens is 270 g/mol. The number of thiazole rings is 1. The number of anilines is 1. The Morgan fingerprint density at radius 3 is 3.10 bits per heavy atom. The zero-order chi connectivity index (χ0) is 13.9. The lowest BCUT2D eigenvalue weighted by atomic mass is 10.1. The van der Waals surface area contributed by atoms with Crippen LogP contribution in [0.2, 0.25) is 0 Å². The van der Waals surface area contributed by atoms with Gasteiger partial charge in [-0.05, 0) is 12.1 Å². The molecular formula is C15H11N3OS. The number of hydrogen-bond donors (Lipinski definition) is 1. The minimum atomic E-state index is -0.147. The molecule has 3 rings (SSSR count). The minimum Gasteiger partial charge on any atom is -0.361 e. The number of benzene rings is 1. The molecule has 0 atom stereocenters. The lowest BCUT2D eigenvalue weighted by Crippen LogP contribution is -2.31. The third kappa shape index (κ3) is 2.06. The lowest BCUT2D eigenvalue weighted by Gasteiger charge is -2.17. The second-order valence-electron chi connectivity index (χ2n) is 4.16. The van der Waals surface area contributed by atoms with E-state index in [9.17, 15) is 4.79 Å². The monoisotopic (exact) mass is 281 g/mol. The van der Waals surface area contributed by atoms with E-state index in [0.29, 0.717) is 10.7 Å². The first-order chi connectivity index (χ1) is 9.81. The van der Waals surface area contributed by atoms with Crippen LogP contribution in [0.25, 0.3) is 10.9 Å². The molecule has 98 valence electrons. The number of fused-ring (bicyclic) bond motifs is 1. The van der Waals surface area contributed by atoms with Gasteiger partial charge in [0.15, 0.2) is 5.13 Å². The fourth-order valence-electron chi connectivity index (χ4n) is 2.08. The predicted octanol–water partition coefficient (Wildman–Crippen LogP) is 2.90. The third-order valence-electron chi connectivity index (χ3n) is 2.96. The van der Waals surface area contributed by atoms with Gasteiger partial charge in [0.05, 0.1) is 17.6 Å². The summed E-state index contributed by atoms with van der Waals surface area (Å²) < 4.78 is 0. The number of rotatable bonds is 3. The second kappa shape index (κ2) is 5.19. The Kier molecular flexibility index (Phi) is 3.23. The summed E-state index contributed by atoms with van der Waals surface area (Å²) in [7, 11) is 0. The molecule has 0 saturated carbocycles. The van der Waals surface area contributed by atoms with Gasteiger partial charge < -0.3 is 4.98 Å². The molecule has 1 amide bonds. The molecule has 2 aromatic heterocycles. The maximum Gasteiger partial charge on any atom is 0.263 e. The van der Waals surface area contributed by atoms with Gasteiger partial charge in [-0.15, -0.1) is 17.8 Å². The molecule has 0 bridgehead atoms. The molecule has 0 radical (unpaired) electrons. The van der Waals surface area contributed by atoms with E-state index in [-0.39, 0.29) is 12.5 Å². The van der Waals surface area contributed by atoms with Crippen molar-refractivity contribution >= 4 is 33.3 Å². The summed E-state index contributed by atoms with van der Waals surface area (Å²) in [6.45, 7) is 0.198. The van der Waals surface area contributed by atoms with Crippen LogP contribution >= 0.6 is 11.3 Å². The van der Waals surface area contributed by atoms with Crippen LogP contribution < -0.4 is 4.90 Å². The van der Waals surface area contributed by atoms with Crippen molar-refractivity contribution in [2.75, 3.05) is 11.4 Å². The van der Waals surface area contributed by atoms with Crippen LogP contribution in [0.5, 0.6) is 0 Å². The molecule has 0 aliphatic rings. The van der Waals surface area contributed by atoms with Crippen molar-refractivity contribution < 1.29 is 4.79 Å². The molecule has 0 spiro atoms. The third-order valence-corrected chi connectivity index (χ3v) is 3.76. The van der Waals surface area contributed by atoms with Gasteiger partial charge in [-0.3, -0.25) is 9.69 Å². The highest BCUT2D eigenvalue weighted by Gasteiger charge is 2.21. The highest BCUT2D eigenvalue weighted by Crippen LogP contribution is 2.23. The fraction of sp³-hybridized carbons (Fsp3) is 0.0667. The minimum absolute atomic E-state index is 0.147. The van der Waals surface area contributed by atoms with Crippen LogP contribution in [0, 0.1) is 12.3 Å². The maximum atomic E-state index is 12.7. The Hall–Kier alpha value is -2.58. The van der Waals surface area contributed by atoms with Gasteiger partial charge in [-0.25, -0.2) is 4.98 Å². The van der Waals surface area contributed by atoms with Crippen molar-refractivity contribution in [1.82, 2.24) is 9.97 Å². The van der Waals surface area contributed by atoms with E-state index < -0.39 is 0 Å². The van der Waals surface area contributed by atoms with E-state index in [1.54, 1.807) is 12.3 Å². The smallest absolute Gasteiger partial charge is 0.263 e. The number of amides is 1. The van der Waals surface area contributed by atoms with E-state index >= 15 is 0 Å². The molecule has 5 heteroatoms. The Morgan fingerprint density at radius 2 is 2.35 bits per heavy atom. The molecule has 0 aliphatic heterocycles. The van der Waals surface area contributed by atoms with Crippen LogP contribution in [0.1, 0.15) is 10.4 Å². The molecule has 4 nitrogen and oxygen atoms in total. The van der Waals surface area contributed by atoms with Crippen LogP contribution in [0.15, 0.2) is 42.0 Å². The van der Waals surface area contributed by atoms with Crippen molar-refractivity contribution in [3.8, 4) is 12.3 Å². The van der Waals surface area contributed by atoms with Gasteiger partial charge in [0.1, 0.15) is 0 Å². The molecule has 0 aliphatic carbocycles. The highest BCUT2D eigenvalue weighted by atomic mass is 32.1. The maximum absolute atomic E-state index is 12.7. The van der Waals surface area contributed by atoms with Crippen molar-refractivity contribution in [1.29, 1.82) is 0 Å². The first-order valence-corrected chi connectivity index (χ1v) is 6.90. The average molecular weight is 281 g/mol. The van der Waals surface area contributed by atoms with Crippen molar-refractivity contribution in [2.45, 2.75) is 0 Å². The summed E-state index contributed by atoms with van der Waals surface area (Å²) in [5.74, 6) is 2.36. The number of terminal acetylenes is 1. The average Bonchev–Trinajstić information content (AvgIpc) is 3.14. The Balaban J connectivity index is 2.06. The zero-order valence-corrected chi connectivity index (χ0v) is 11.4.